The molecule has 1 aliphatic rings. The van der Waals surface area contributed by atoms with E-state index in [9.17, 15) is 0 Å². The summed E-state index contributed by atoms with van der Waals surface area (Å²) in [6.07, 6.45) is 6.84. The van der Waals surface area contributed by atoms with Crippen LogP contribution in [0, 0.1) is 0 Å². The summed E-state index contributed by atoms with van der Waals surface area (Å²) in [6.45, 7) is 0. The first-order chi connectivity index (χ1) is 15.3. The van der Waals surface area contributed by atoms with E-state index in [-0.39, 0.29) is 0 Å². The Labute approximate surface area is 184 Å². The van der Waals surface area contributed by atoms with Crippen LogP contribution in [-0.4, -0.2) is 0 Å². The highest BCUT2D eigenvalue weighted by molar-refractivity contribution is 6.01. The van der Waals surface area contributed by atoms with Crippen LogP contribution in [0.15, 0.2) is 84.9 Å². The fourth-order valence-corrected chi connectivity index (χ4v) is 4.70. The Kier molecular flexibility index (Phi) is 5.49. The molecule has 0 bridgehead atoms. The van der Waals surface area contributed by atoms with Gasteiger partial charge in [-0.1, -0.05) is 79.9 Å². The Hall–Kier alpha value is -3.46. The molecule has 0 heterocycles. The molecule has 0 amide bonds. The Morgan fingerprint density at radius 2 is 1.26 bits per heavy atom. The van der Waals surface area contributed by atoms with Crippen molar-refractivity contribution in [1.82, 2.24) is 0 Å². The topological polar surface area (TPSA) is 50.1 Å². The molecule has 0 atom stereocenters. The van der Waals surface area contributed by atoms with Gasteiger partial charge in [0.1, 0.15) is 0 Å². The zero-order valence-corrected chi connectivity index (χ0v) is 17.8. The minimum absolute atomic E-state index is 0.755. The maximum absolute atomic E-state index is 6.11. The zero-order valence-electron chi connectivity index (χ0n) is 17.8. The van der Waals surface area contributed by atoms with Crippen molar-refractivity contribution in [3.05, 3.63) is 90.5 Å². The highest BCUT2D eigenvalue weighted by Crippen LogP contribution is 2.34. The second-order valence-electron chi connectivity index (χ2n) is 8.53. The van der Waals surface area contributed by atoms with E-state index in [1.54, 1.807) is 0 Å². The van der Waals surface area contributed by atoms with E-state index >= 15 is 0 Å². The van der Waals surface area contributed by atoms with Gasteiger partial charge in [0.15, 0.2) is 0 Å². The lowest BCUT2D eigenvalue weighted by molar-refractivity contribution is 0.443. The lowest BCUT2D eigenvalue weighted by atomic mass is 9.84. The van der Waals surface area contributed by atoms with Crippen molar-refractivity contribution in [2.75, 3.05) is 16.6 Å². The minimum atomic E-state index is 0.755. The van der Waals surface area contributed by atoms with Crippen molar-refractivity contribution >= 4 is 27.8 Å². The van der Waals surface area contributed by atoms with Gasteiger partial charge in [0, 0.05) is 16.5 Å². The molecule has 0 radical (unpaired) electrons. The largest absolute Gasteiger partial charge is 0.398 e. The van der Waals surface area contributed by atoms with Crippen molar-refractivity contribution in [3.8, 4) is 11.1 Å². The van der Waals surface area contributed by atoms with Crippen LogP contribution in [-0.2, 0) is 0 Å². The van der Waals surface area contributed by atoms with E-state index in [4.69, 9.17) is 5.73 Å². The summed E-state index contributed by atoms with van der Waals surface area (Å²) in [6, 6.07) is 29.8. The molecule has 1 saturated carbocycles. The van der Waals surface area contributed by atoms with Gasteiger partial charge < -0.3 is 16.6 Å². The molecule has 5 rings (SSSR count). The number of hydrazine groups is 1. The fourth-order valence-electron chi connectivity index (χ4n) is 4.70. The third kappa shape index (κ3) is 4.22. The number of rotatable bonds is 5. The lowest BCUT2D eigenvalue weighted by Crippen LogP contribution is -2.09. The van der Waals surface area contributed by atoms with Gasteiger partial charge in [0.2, 0.25) is 0 Å². The van der Waals surface area contributed by atoms with Gasteiger partial charge in [-0.15, -0.1) is 0 Å². The first-order valence-electron chi connectivity index (χ1n) is 11.3. The molecular formula is C28H29N3. The van der Waals surface area contributed by atoms with Crippen LogP contribution in [0.1, 0.15) is 43.6 Å². The summed E-state index contributed by atoms with van der Waals surface area (Å²) in [7, 11) is 0. The van der Waals surface area contributed by atoms with Gasteiger partial charge in [0.25, 0.3) is 0 Å². The summed E-state index contributed by atoms with van der Waals surface area (Å²) in [5, 5.41) is 2.16. The number of anilines is 3. The van der Waals surface area contributed by atoms with Crippen LogP contribution in [0.3, 0.4) is 0 Å². The van der Waals surface area contributed by atoms with Gasteiger partial charge >= 0.3 is 0 Å². The summed E-state index contributed by atoms with van der Waals surface area (Å²) in [5.41, 5.74) is 19.6. The van der Waals surface area contributed by atoms with E-state index in [0.29, 0.717) is 0 Å². The smallest absolute Gasteiger partial charge is 0.0619 e. The van der Waals surface area contributed by atoms with Crippen molar-refractivity contribution in [2.24, 2.45) is 0 Å². The normalized spacial score (nSPS) is 14.5. The molecule has 156 valence electrons. The van der Waals surface area contributed by atoms with Gasteiger partial charge in [0.05, 0.1) is 11.4 Å². The number of benzene rings is 4. The zero-order chi connectivity index (χ0) is 21.0. The SMILES string of the molecule is Nc1ccc(NNc2ccc(-c3ccc(C4CCCCC4)cc3)cc2)c2ccccc12. The highest BCUT2D eigenvalue weighted by atomic mass is 15.4. The summed E-state index contributed by atoms with van der Waals surface area (Å²) in [5.74, 6) is 0.755. The molecule has 0 spiro atoms. The van der Waals surface area contributed by atoms with Gasteiger partial charge in [-0.2, -0.15) is 0 Å². The number of hydrogen-bond acceptors (Lipinski definition) is 3. The van der Waals surface area contributed by atoms with Crippen LogP contribution >= 0.6 is 0 Å². The van der Waals surface area contributed by atoms with Crippen LogP contribution in [0.25, 0.3) is 21.9 Å². The van der Waals surface area contributed by atoms with Gasteiger partial charge in [-0.3, -0.25) is 0 Å². The van der Waals surface area contributed by atoms with Gasteiger partial charge in [-0.05, 0) is 59.7 Å². The molecule has 4 aromatic rings. The predicted molar refractivity (Wildman–Crippen MR) is 133 cm³/mol. The van der Waals surface area contributed by atoms with Crippen LogP contribution in [0.2, 0.25) is 0 Å². The monoisotopic (exact) mass is 407 g/mol. The maximum Gasteiger partial charge on any atom is 0.0619 e. The first kappa shape index (κ1) is 19.5. The Bertz CT molecular complexity index is 1160. The Balaban J connectivity index is 1.27. The molecule has 0 aromatic heterocycles. The molecule has 0 aliphatic heterocycles. The number of nitrogens with one attached hydrogen (secondary N) is 2. The average molecular weight is 408 g/mol. The number of fused-ring (bicyclic) bond motifs is 1. The van der Waals surface area contributed by atoms with E-state index in [1.807, 2.05) is 30.3 Å². The van der Waals surface area contributed by atoms with Gasteiger partial charge in [-0.25, -0.2) is 0 Å². The van der Waals surface area contributed by atoms with Crippen LogP contribution in [0.4, 0.5) is 17.1 Å². The summed E-state index contributed by atoms with van der Waals surface area (Å²) < 4.78 is 0. The third-order valence-corrected chi connectivity index (χ3v) is 6.50. The minimum Gasteiger partial charge on any atom is -0.398 e. The van der Waals surface area contributed by atoms with Crippen LogP contribution in [0.5, 0.6) is 0 Å². The number of nitrogen functional groups attached to an aromatic ring is 1. The predicted octanol–water partition coefficient (Wildman–Crippen LogP) is 7.58. The van der Waals surface area contributed by atoms with E-state index < -0.39 is 0 Å². The summed E-state index contributed by atoms with van der Waals surface area (Å²) >= 11 is 0. The Morgan fingerprint density at radius 1 is 0.613 bits per heavy atom. The second-order valence-corrected chi connectivity index (χ2v) is 8.53. The van der Waals surface area contributed by atoms with Crippen molar-refractivity contribution in [2.45, 2.75) is 38.0 Å². The molecule has 4 aromatic carbocycles. The molecule has 1 aliphatic carbocycles. The van der Waals surface area contributed by atoms with Crippen molar-refractivity contribution in [1.29, 1.82) is 0 Å². The maximum atomic E-state index is 6.11. The first-order valence-corrected chi connectivity index (χ1v) is 11.3. The molecule has 31 heavy (non-hydrogen) atoms. The van der Waals surface area contributed by atoms with E-state index in [2.05, 4.69) is 65.4 Å². The average Bonchev–Trinajstić information content (AvgIpc) is 2.85. The molecule has 3 heteroatoms. The molecule has 1 fully saturated rings. The van der Waals surface area contributed by atoms with Crippen molar-refractivity contribution in [3.63, 3.8) is 0 Å². The standard InChI is InChI=1S/C28H29N3/c29-27-18-19-28(26-9-5-4-8-25(26)27)31-30-24-16-14-23(15-17-24)22-12-10-21(11-13-22)20-6-2-1-3-7-20/h4-5,8-20,30-31H,1-3,6-7,29H2. The second kappa shape index (κ2) is 8.73. The Morgan fingerprint density at radius 3 is 1.97 bits per heavy atom. The van der Waals surface area contributed by atoms with E-state index in [0.717, 1.165) is 33.8 Å². The summed E-state index contributed by atoms with van der Waals surface area (Å²) in [4.78, 5) is 0. The molecule has 0 unspecified atom stereocenters. The highest BCUT2D eigenvalue weighted by Gasteiger charge is 2.15. The molecule has 3 nitrogen and oxygen atoms in total. The third-order valence-electron chi connectivity index (χ3n) is 6.50. The fraction of sp³-hybridized carbons (Fsp3) is 0.214. The molecule has 0 saturated heterocycles. The van der Waals surface area contributed by atoms with Crippen molar-refractivity contribution < 1.29 is 0 Å². The quantitative estimate of drug-likeness (QED) is 0.236. The molecular weight excluding hydrogens is 378 g/mol. The van der Waals surface area contributed by atoms with Crippen LogP contribution < -0.4 is 16.6 Å². The van der Waals surface area contributed by atoms with E-state index in [1.165, 1.54) is 48.8 Å². The lowest BCUT2D eigenvalue weighted by Gasteiger charge is -2.22. The molecule has 4 N–H and O–H groups in total. The number of hydrogen-bond donors (Lipinski definition) is 3. The number of nitrogens with two attached hydrogens (primary N) is 1.